The molecule has 1 N–H and O–H groups in total. The van der Waals surface area contributed by atoms with Crippen LogP contribution in [0.25, 0.3) is 10.9 Å². The maximum Gasteiger partial charge on any atom is 0.339 e. The summed E-state index contributed by atoms with van der Waals surface area (Å²) in [4.78, 5) is 47.3. The number of amides is 1. The van der Waals surface area contributed by atoms with Crippen molar-refractivity contribution in [1.82, 2.24) is 14.9 Å². The number of ether oxygens (including phenoxy) is 1. The number of carbonyl (C=O) groups excluding carboxylic acids is 2. The predicted molar refractivity (Wildman–Crippen MR) is 133 cm³/mol. The summed E-state index contributed by atoms with van der Waals surface area (Å²) in [7, 11) is 0. The third-order valence-electron chi connectivity index (χ3n) is 6.13. The molecule has 176 valence electrons. The third kappa shape index (κ3) is 4.55. The minimum Gasteiger partial charge on any atom is -0.454 e. The van der Waals surface area contributed by atoms with E-state index in [1.54, 1.807) is 41.3 Å². The van der Waals surface area contributed by atoms with E-state index >= 15 is 0 Å². The van der Waals surface area contributed by atoms with Gasteiger partial charge in [0.2, 0.25) is 0 Å². The molecule has 1 aliphatic heterocycles. The SMILES string of the molecule is CCN(Cc1nc2cc(Cl)ccc2c(=O)[nH]1)C(=O)c1ccc2c(c1)C[C@H](c1ccccc1)OC2=O. The molecule has 1 amide bonds. The average molecular weight is 488 g/mol. The fourth-order valence-electron chi connectivity index (χ4n) is 4.31. The van der Waals surface area contributed by atoms with E-state index < -0.39 is 12.1 Å². The Balaban J connectivity index is 1.41. The number of aromatic amines is 1. The van der Waals surface area contributed by atoms with Gasteiger partial charge in [0.05, 0.1) is 23.0 Å². The summed E-state index contributed by atoms with van der Waals surface area (Å²) in [5.74, 6) is -0.256. The number of carbonyl (C=O) groups is 2. The molecular weight excluding hydrogens is 466 g/mol. The molecule has 1 aromatic heterocycles. The Bertz CT molecular complexity index is 1500. The first kappa shape index (κ1) is 22.8. The van der Waals surface area contributed by atoms with E-state index in [9.17, 15) is 14.4 Å². The number of fused-ring (bicyclic) bond motifs is 2. The van der Waals surface area contributed by atoms with Crippen LogP contribution in [0.1, 0.15) is 50.7 Å². The normalized spacial score (nSPS) is 14.9. The highest BCUT2D eigenvalue weighted by atomic mass is 35.5. The van der Waals surface area contributed by atoms with E-state index in [0.29, 0.717) is 45.8 Å². The van der Waals surface area contributed by atoms with Crippen molar-refractivity contribution in [3.05, 3.63) is 110 Å². The summed E-state index contributed by atoms with van der Waals surface area (Å²) in [6, 6.07) is 19.4. The summed E-state index contributed by atoms with van der Waals surface area (Å²) in [5.41, 5.74) is 2.78. The van der Waals surface area contributed by atoms with Gasteiger partial charge in [-0.1, -0.05) is 41.9 Å². The summed E-state index contributed by atoms with van der Waals surface area (Å²) < 4.78 is 5.62. The summed E-state index contributed by atoms with van der Waals surface area (Å²) in [6.07, 6.45) is 0.0843. The number of benzene rings is 3. The molecule has 5 rings (SSSR count). The zero-order valence-electron chi connectivity index (χ0n) is 19.0. The van der Waals surface area contributed by atoms with Crippen molar-refractivity contribution in [3.8, 4) is 0 Å². The van der Waals surface area contributed by atoms with Crippen molar-refractivity contribution in [2.75, 3.05) is 6.54 Å². The fraction of sp³-hybridized carbons (Fsp3) is 0.185. The van der Waals surface area contributed by atoms with Gasteiger partial charge in [-0.05, 0) is 54.4 Å². The number of H-pyrrole nitrogens is 1. The van der Waals surface area contributed by atoms with Crippen LogP contribution in [0.3, 0.4) is 0 Å². The number of rotatable bonds is 5. The topological polar surface area (TPSA) is 92.4 Å². The molecule has 35 heavy (non-hydrogen) atoms. The van der Waals surface area contributed by atoms with Crippen LogP contribution in [0.4, 0.5) is 0 Å². The first-order valence-corrected chi connectivity index (χ1v) is 11.7. The first-order valence-electron chi connectivity index (χ1n) is 11.3. The number of nitrogens with zero attached hydrogens (tertiary/aromatic N) is 2. The lowest BCUT2D eigenvalue weighted by molar-refractivity contribution is 0.0252. The fourth-order valence-corrected chi connectivity index (χ4v) is 4.48. The second-order valence-electron chi connectivity index (χ2n) is 8.37. The van der Waals surface area contributed by atoms with Crippen LogP contribution in [-0.4, -0.2) is 33.3 Å². The Morgan fingerprint density at radius 3 is 2.69 bits per heavy atom. The number of cyclic esters (lactones) is 1. The highest BCUT2D eigenvalue weighted by Gasteiger charge is 2.28. The zero-order valence-corrected chi connectivity index (χ0v) is 19.7. The van der Waals surface area contributed by atoms with Crippen molar-refractivity contribution in [1.29, 1.82) is 0 Å². The molecule has 8 heteroatoms. The molecule has 0 bridgehead atoms. The highest BCUT2D eigenvalue weighted by molar-refractivity contribution is 6.31. The Morgan fingerprint density at radius 1 is 1.11 bits per heavy atom. The minimum atomic E-state index is -0.400. The van der Waals surface area contributed by atoms with Crippen molar-refractivity contribution < 1.29 is 14.3 Å². The number of hydrogen-bond donors (Lipinski definition) is 1. The van der Waals surface area contributed by atoms with Gasteiger partial charge in [-0.15, -0.1) is 0 Å². The minimum absolute atomic E-state index is 0.124. The molecule has 0 radical (unpaired) electrons. The van der Waals surface area contributed by atoms with E-state index in [1.165, 1.54) is 0 Å². The van der Waals surface area contributed by atoms with E-state index in [2.05, 4.69) is 9.97 Å². The van der Waals surface area contributed by atoms with E-state index in [1.807, 2.05) is 37.3 Å². The number of halogens is 1. The number of nitrogens with one attached hydrogen (secondary N) is 1. The molecule has 0 aliphatic carbocycles. The summed E-state index contributed by atoms with van der Waals surface area (Å²) in [6.45, 7) is 2.38. The van der Waals surface area contributed by atoms with Gasteiger partial charge in [-0.3, -0.25) is 9.59 Å². The van der Waals surface area contributed by atoms with E-state index in [-0.39, 0.29) is 18.0 Å². The molecule has 1 aliphatic rings. The molecule has 3 aromatic carbocycles. The van der Waals surface area contributed by atoms with Crippen molar-refractivity contribution in [3.63, 3.8) is 0 Å². The van der Waals surface area contributed by atoms with Gasteiger partial charge in [-0.2, -0.15) is 0 Å². The second kappa shape index (κ2) is 9.35. The van der Waals surface area contributed by atoms with Gasteiger partial charge in [0, 0.05) is 23.6 Å². The molecule has 1 atom stereocenters. The van der Waals surface area contributed by atoms with Crippen LogP contribution in [0.15, 0.2) is 71.5 Å². The summed E-state index contributed by atoms with van der Waals surface area (Å²) >= 11 is 6.05. The van der Waals surface area contributed by atoms with Crippen molar-refractivity contribution >= 4 is 34.4 Å². The lowest BCUT2D eigenvalue weighted by Gasteiger charge is -2.26. The molecule has 0 spiro atoms. The summed E-state index contributed by atoms with van der Waals surface area (Å²) in [5, 5.41) is 0.911. The van der Waals surface area contributed by atoms with Crippen LogP contribution >= 0.6 is 11.6 Å². The second-order valence-corrected chi connectivity index (χ2v) is 8.81. The maximum absolute atomic E-state index is 13.4. The molecule has 0 fully saturated rings. The lowest BCUT2D eigenvalue weighted by Crippen LogP contribution is -2.32. The third-order valence-corrected chi connectivity index (χ3v) is 6.36. The van der Waals surface area contributed by atoms with E-state index in [0.717, 1.165) is 11.1 Å². The standard InChI is InChI=1S/C27H22ClN3O4/c1-2-31(15-24-29-22-14-19(28)9-11-21(22)25(32)30-24)26(33)17-8-10-20-18(12-17)13-23(35-27(20)34)16-6-4-3-5-7-16/h3-12,14,23H,2,13,15H2,1H3,(H,29,30,32)/t23-/m1/s1. The predicted octanol–water partition coefficient (Wildman–Crippen LogP) is 4.69. The van der Waals surface area contributed by atoms with Crippen LogP contribution < -0.4 is 5.56 Å². The molecule has 2 heterocycles. The number of aromatic nitrogens is 2. The van der Waals surface area contributed by atoms with Crippen LogP contribution in [-0.2, 0) is 17.7 Å². The van der Waals surface area contributed by atoms with Crippen LogP contribution in [0.5, 0.6) is 0 Å². The molecule has 0 unspecified atom stereocenters. The van der Waals surface area contributed by atoms with Gasteiger partial charge in [0.1, 0.15) is 11.9 Å². The van der Waals surface area contributed by atoms with Gasteiger partial charge in [-0.25, -0.2) is 9.78 Å². The molecule has 4 aromatic rings. The lowest BCUT2D eigenvalue weighted by atomic mass is 9.93. The molecule has 7 nitrogen and oxygen atoms in total. The van der Waals surface area contributed by atoms with E-state index in [4.69, 9.17) is 16.3 Å². The first-order chi connectivity index (χ1) is 16.9. The van der Waals surface area contributed by atoms with Crippen LogP contribution in [0.2, 0.25) is 5.02 Å². The monoisotopic (exact) mass is 487 g/mol. The van der Waals surface area contributed by atoms with Crippen molar-refractivity contribution in [2.45, 2.75) is 26.0 Å². The van der Waals surface area contributed by atoms with Crippen molar-refractivity contribution in [2.24, 2.45) is 0 Å². The maximum atomic E-state index is 13.4. The Labute approximate surface area is 206 Å². The quantitative estimate of drug-likeness (QED) is 0.412. The number of hydrogen-bond acceptors (Lipinski definition) is 5. The van der Waals surface area contributed by atoms with Gasteiger partial charge in [0.15, 0.2) is 0 Å². The smallest absolute Gasteiger partial charge is 0.339 e. The average Bonchev–Trinajstić information content (AvgIpc) is 2.86. The highest BCUT2D eigenvalue weighted by Crippen LogP contribution is 2.31. The van der Waals surface area contributed by atoms with Gasteiger partial charge >= 0.3 is 5.97 Å². The van der Waals surface area contributed by atoms with Gasteiger partial charge in [0.25, 0.3) is 11.5 Å². The number of esters is 1. The molecule has 0 saturated carbocycles. The van der Waals surface area contributed by atoms with Gasteiger partial charge < -0.3 is 14.6 Å². The Hall–Kier alpha value is -3.97. The Kier molecular flexibility index (Phi) is 6.09. The Morgan fingerprint density at radius 2 is 1.91 bits per heavy atom. The largest absolute Gasteiger partial charge is 0.454 e. The zero-order chi connectivity index (χ0) is 24.5. The molecule has 0 saturated heterocycles. The van der Waals surface area contributed by atoms with Crippen LogP contribution in [0, 0.1) is 0 Å². The molecular formula is C27H22ClN3O4.